The van der Waals surface area contributed by atoms with Crippen molar-refractivity contribution < 1.29 is 4.79 Å². The summed E-state index contributed by atoms with van der Waals surface area (Å²) in [5.74, 6) is -0.215. The minimum absolute atomic E-state index is 0.215. The van der Waals surface area contributed by atoms with E-state index in [4.69, 9.17) is 5.73 Å². The van der Waals surface area contributed by atoms with Gasteiger partial charge in [-0.2, -0.15) is 0 Å². The van der Waals surface area contributed by atoms with Gasteiger partial charge in [0.1, 0.15) is 5.69 Å². The van der Waals surface area contributed by atoms with Gasteiger partial charge in [0.2, 0.25) is 5.78 Å². The molecule has 25 heavy (non-hydrogen) atoms. The Morgan fingerprint density at radius 2 is 1.68 bits per heavy atom. The third-order valence-corrected chi connectivity index (χ3v) is 4.36. The highest BCUT2D eigenvalue weighted by Gasteiger charge is 2.15. The Labute approximate surface area is 145 Å². The van der Waals surface area contributed by atoms with E-state index in [1.54, 1.807) is 6.07 Å². The van der Waals surface area contributed by atoms with Gasteiger partial charge in [0.05, 0.1) is 11.2 Å². The van der Waals surface area contributed by atoms with E-state index in [0.29, 0.717) is 16.9 Å². The van der Waals surface area contributed by atoms with Crippen molar-refractivity contribution in [3.05, 3.63) is 85.1 Å². The van der Waals surface area contributed by atoms with Crippen molar-refractivity contribution >= 4 is 33.1 Å². The number of benzene rings is 3. The zero-order valence-electron chi connectivity index (χ0n) is 13.6. The van der Waals surface area contributed by atoms with E-state index in [-0.39, 0.29) is 5.78 Å². The first kappa shape index (κ1) is 15.1. The topological polar surface area (TPSA) is 56.0 Å². The molecule has 0 aliphatic carbocycles. The molecule has 0 amide bonds. The lowest BCUT2D eigenvalue weighted by Crippen LogP contribution is -2.03. The van der Waals surface area contributed by atoms with Gasteiger partial charge < -0.3 is 5.73 Å². The van der Waals surface area contributed by atoms with Gasteiger partial charge in [0.25, 0.3) is 0 Å². The molecule has 0 unspecified atom stereocenters. The molecule has 0 aliphatic heterocycles. The maximum Gasteiger partial charge on any atom is 0.204 e. The van der Waals surface area contributed by atoms with Crippen molar-refractivity contribution in [3.63, 3.8) is 0 Å². The highest BCUT2D eigenvalue weighted by molar-refractivity contribution is 6.10. The number of fused-ring (bicyclic) bond motifs is 2. The zero-order chi connectivity index (χ0) is 17.4. The van der Waals surface area contributed by atoms with Gasteiger partial charge in [-0.05, 0) is 40.6 Å². The standard InChI is InChI=1S/C22H16N2O/c1-2-20(25)22-18(13-17-8-5-9-19(23)21(17)24-22)16-11-10-14-6-3-4-7-15(14)12-16/h2-13H,1,23H2. The Kier molecular flexibility index (Phi) is 3.55. The fourth-order valence-electron chi connectivity index (χ4n) is 3.08. The van der Waals surface area contributed by atoms with Gasteiger partial charge in [-0.25, -0.2) is 4.98 Å². The molecule has 0 saturated heterocycles. The average molecular weight is 324 g/mol. The highest BCUT2D eigenvalue weighted by atomic mass is 16.1. The van der Waals surface area contributed by atoms with E-state index in [1.165, 1.54) is 6.08 Å². The normalized spacial score (nSPS) is 10.9. The number of aromatic nitrogens is 1. The van der Waals surface area contributed by atoms with Crippen LogP contribution in [-0.2, 0) is 0 Å². The first-order chi connectivity index (χ1) is 12.2. The summed E-state index contributed by atoms with van der Waals surface area (Å²) in [5, 5.41) is 3.18. The fraction of sp³-hybridized carbons (Fsp3) is 0. The monoisotopic (exact) mass is 324 g/mol. The number of allylic oxidation sites excluding steroid dienone is 1. The molecule has 0 radical (unpaired) electrons. The Morgan fingerprint density at radius 3 is 2.48 bits per heavy atom. The number of nitrogen functional groups attached to an aromatic ring is 1. The molecular formula is C22H16N2O. The molecule has 1 aromatic heterocycles. The van der Waals surface area contributed by atoms with E-state index >= 15 is 0 Å². The average Bonchev–Trinajstić information content (AvgIpc) is 2.66. The first-order valence-corrected chi connectivity index (χ1v) is 8.02. The van der Waals surface area contributed by atoms with Crippen LogP contribution in [0.1, 0.15) is 10.5 Å². The Balaban J connectivity index is 2.03. The molecule has 0 saturated carbocycles. The van der Waals surface area contributed by atoms with Gasteiger partial charge in [0.15, 0.2) is 0 Å². The molecule has 3 aromatic carbocycles. The summed E-state index contributed by atoms with van der Waals surface area (Å²) in [6.45, 7) is 3.60. The number of carbonyl (C=O) groups excluding carboxylic acids is 1. The van der Waals surface area contributed by atoms with Crippen LogP contribution in [0, 0.1) is 0 Å². The molecule has 120 valence electrons. The summed E-state index contributed by atoms with van der Waals surface area (Å²) in [6.07, 6.45) is 1.29. The second-order valence-electron chi connectivity index (χ2n) is 5.93. The van der Waals surface area contributed by atoms with Crippen molar-refractivity contribution in [1.82, 2.24) is 4.98 Å². The molecule has 0 aliphatic rings. The maximum atomic E-state index is 12.4. The molecule has 0 bridgehead atoms. The second-order valence-corrected chi connectivity index (χ2v) is 5.93. The molecule has 1 heterocycles. The molecule has 2 N–H and O–H groups in total. The van der Waals surface area contributed by atoms with Crippen LogP contribution in [0.25, 0.3) is 32.8 Å². The molecular weight excluding hydrogens is 308 g/mol. The number of carbonyl (C=O) groups is 1. The molecule has 0 spiro atoms. The van der Waals surface area contributed by atoms with Gasteiger partial charge in [-0.1, -0.05) is 55.1 Å². The number of anilines is 1. The molecule has 3 nitrogen and oxygen atoms in total. The Hall–Kier alpha value is -3.46. The second kappa shape index (κ2) is 5.87. The minimum atomic E-state index is -0.215. The van der Waals surface area contributed by atoms with Crippen LogP contribution in [0.3, 0.4) is 0 Å². The predicted molar refractivity (Wildman–Crippen MR) is 104 cm³/mol. The summed E-state index contributed by atoms with van der Waals surface area (Å²) >= 11 is 0. The van der Waals surface area contributed by atoms with Crippen molar-refractivity contribution in [1.29, 1.82) is 0 Å². The minimum Gasteiger partial charge on any atom is -0.397 e. The van der Waals surface area contributed by atoms with E-state index in [2.05, 4.69) is 35.8 Å². The van der Waals surface area contributed by atoms with Gasteiger partial charge in [-0.15, -0.1) is 0 Å². The van der Waals surface area contributed by atoms with Gasteiger partial charge >= 0.3 is 0 Å². The molecule has 4 rings (SSSR count). The van der Waals surface area contributed by atoms with Crippen LogP contribution in [0.4, 0.5) is 5.69 Å². The molecule has 4 aromatic rings. The van der Waals surface area contributed by atoms with Gasteiger partial charge in [-0.3, -0.25) is 4.79 Å². The summed E-state index contributed by atoms with van der Waals surface area (Å²) < 4.78 is 0. The molecule has 3 heteroatoms. The summed E-state index contributed by atoms with van der Waals surface area (Å²) in [6, 6.07) is 21.9. The number of hydrogen-bond acceptors (Lipinski definition) is 3. The number of pyridine rings is 1. The third-order valence-electron chi connectivity index (χ3n) is 4.36. The quantitative estimate of drug-likeness (QED) is 0.327. The number of para-hydroxylation sites is 1. The zero-order valence-corrected chi connectivity index (χ0v) is 13.6. The maximum absolute atomic E-state index is 12.4. The van der Waals surface area contributed by atoms with Crippen LogP contribution >= 0.6 is 0 Å². The number of nitrogens with zero attached hydrogens (tertiary/aromatic N) is 1. The van der Waals surface area contributed by atoms with Crippen molar-refractivity contribution in [2.75, 3.05) is 5.73 Å². The van der Waals surface area contributed by atoms with Crippen LogP contribution in [0.2, 0.25) is 0 Å². The molecule has 0 atom stereocenters. The largest absolute Gasteiger partial charge is 0.397 e. The summed E-state index contributed by atoms with van der Waals surface area (Å²) in [4.78, 5) is 17.0. The van der Waals surface area contributed by atoms with E-state index < -0.39 is 0 Å². The van der Waals surface area contributed by atoms with Crippen LogP contribution in [-0.4, -0.2) is 10.8 Å². The van der Waals surface area contributed by atoms with Crippen LogP contribution in [0.5, 0.6) is 0 Å². The van der Waals surface area contributed by atoms with E-state index in [9.17, 15) is 4.79 Å². The Morgan fingerprint density at radius 1 is 0.920 bits per heavy atom. The van der Waals surface area contributed by atoms with Crippen LogP contribution in [0.15, 0.2) is 79.4 Å². The van der Waals surface area contributed by atoms with E-state index in [1.807, 2.05) is 36.4 Å². The number of nitrogens with two attached hydrogens (primary N) is 1. The number of rotatable bonds is 3. The van der Waals surface area contributed by atoms with Gasteiger partial charge in [0, 0.05) is 10.9 Å². The lowest BCUT2D eigenvalue weighted by atomic mass is 9.97. The van der Waals surface area contributed by atoms with Crippen LogP contribution < -0.4 is 5.73 Å². The smallest absolute Gasteiger partial charge is 0.204 e. The number of ketones is 1. The van der Waals surface area contributed by atoms with Crippen molar-refractivity contribution in [2.45, 2.75) is 0 Å². The number of hydrogen-bond donors (Lipinski definition) is 1. The SMILES string of the molecule is C=CC(=O)c1nc2c(N)cccc2cc1-c1ccc2ccccc2c1. The van der Waals surface area contributed by atoms with E-state index in [0.717, 1.165) is 27.3 Å². The van der Waals surface area contributed by atoms with Crippen molar-refractivity contribution in [3.8, 4) is 11.1 Å². The highest BCUT2D eigenvalue weighted by Crippen LogP contribution is 2.31. The van der Waals surface area contributed by atoms with Crippen molar-refractivity contribution in [2.24, 2.45) is 0 Å². The first-order valence-electron chi connectivity index (χ1n) is 8.02. The Bertz CT molecular complexity index is 1150. The summed E-state index contributed by atoms with van der Waals surface area (Å²) in [5.41, 5.74) is 9.32. The third kappa shape index (κ3) is 2.56. The lowest BCUT2D eigenvalue weighted by Gasteiger charge is -2.11. The lowest BCUT2D eigenvalue weighted by molar-refractivity contribution is 0.104. The predicted octanol–water partition coefficient (Wildman–Crippen LogP) is 5.01. The summed E-state index contributed by atoms with van der Waals surface area (Å²) in [7, 11) is 0. The fourth-order valence-corrected chi connectivity index (χ4v) is 3.08. The molecule has 0 fully saturated rings.